The molecule has 0 spiro atoms. The van der Waals surface area contributed by atoms with Crippen LogP contribution in [0.5, 0.6) is 0 Å². The molecule has 3 unspecified atom stereocenters. The van der Waals surface area contributed by atoms with Crippen LogP contribution in [0.25, 0.3) is 11.3 Å². The van der Waals surface area contributed by atoms with Crippen molar-refractivity contribution >= 4 is 5.91 Å². The average molecular weight is 313 g/mol. The molecule has 7 heteroatoms. The Morgan fingerprint density at radius 2 is 2.00 bits per heavy atom. The van der Waals surface area contributed by atoms with E-state index in [4.69, 9.17) is 4.42 Å². The van der Waals surface area contributed by atoms with Gasteiger partial charge in [0.25, 0.3) is 5.89 Å². The fraction of sp³-hybridized carbons (Fsp3) is 0.375. The molecule has 120 valence electrons. The minimum atomic E-state index is -0.255. The lowest BCUT2D eigenvalue weighted by atomic mass is 9.88. The van der Waals surface area contributed by atoms with E-state index in [9.17, 15) is 4.79 Å². The van der Waals surface area contributed by atoms with Crippen LogP contribution in [-0.2, 0) is 0 Å². The SMILES string of the molecule is O=C(NC1CCC2NNNC2C1)c1ncc(-c2ccccc2)o1. The van der Waals surface area contributed by atoms with Gasteiger partial charge in [0.05, 0.1) is 6.20 Å². The zero-order chi connectivity index (χ0) is 15.6. The van der Waals surface area contributed by atoms with Crippen molar-refractivity contribution in [2.75, 3.05) is 0 Å². The Hall–Kier alpha value is -2.22. The van der Waals surface area contributed by atoms with Crippen molar-refractivity contribution in [2.45, 2.75) is 37.4 Å². The van der Waals surface area contributed by atoms with E-state index in [0.29, 0.717) is 17.8 Å². The summed E-state index contributed by atoms with van der Waals surface area (Å²) in [6.07, 6.45) is 4.42. The lowest BCUT2D eigenvalue weighted by molar-refractivity contribution is 0.0888. The van der Waals surface area contributed by atoms with Gasteiger partial charge in [-0.3, -0.25) is 4.79 Å². The highest BCUT2D eigenvalue weighted by atomic mass is 16.4. The van der Waals surface area contributed by atoms with E-state index in [0.717, 1.165) is 24.8 Å². The van der Waals surface area contributed by atoms with Crippen molar-refractivity contribution in [2.24, 2.45) is 0 Å². The molecule has 2 aromatic rings. The molecule has 1 amide bonds. The first-order valence-corrected chi connectivity index (χ1v) is 7.88. The summed E-state index contributed by atoms with van der Waals surface area (Å²) in [7, 11) is 0. The van der Waals surface area contributed by atoms with Crippen LogP contribution in [-0.4, -0.2) is 29.0 Å². The van der Waals surface area contributed by atoms with Crippen LogP contribution in [0, 0.1) is 0 Å². The van der Waals surface area contributed by atoms with Crippen LogP contribution < -0.4 is 21.7 Å². The van der Waals surface area contributed by atoms with Gasteiger partial charge in [-0.25, -0.2) is 15.8 Å². The van der Waals surface area contributed by atoms with Gasteiger partial charge in [0, 0.05) is 23.7 Å². The quantitative estimate of drug-likeness (QED) is 0.675. The largest absolute Gasteiger partial charge is 0.432 e. The van der Waals surface area contributed by atoms with Crippen molar-refractivity contribution in [3.05, 3.63) is 42.4 Å². The number of nitrogens with zero attached hydrogens (tertiary/aromatic N) is 1. The number of hydrogen-bond donors (Lipinski definition) is 4. The van der Waals surface area contributed by atoms with E-state index >= 15 is 0 Å². The minimum absolute atomic E-state index is 0.113. The molecule has 2 fully saturated rings. The van der Waals surface area contributed by atoms with Crippen molar-refractivity contribution < 1.29 is 9.21 Å². The van der Waals surface area contributed by atoms with Crippen LogP contribution in [0.15, 0.2) is 40.9 Å². The van der Waals surface area contributed by atoms with E-state index in [-0.39, 0.29) is 17.8 Å². The van der Waals surface area contributed by atoms with Crippen molar-refractivity contribution in [3.8, 4) is 11.3 Å². The second-order valence-electron chi connectivity index (χ2n) is 6.01. The minimum Gasteiger partial charge on any atom is -0.432 e. The highest BCUT2D eigenvalue weighted by molar-refractivity contribution is 5.90. The predicted molar refractivity (Wildman–Crippen MR) is 84.0 cm³/mol. The van der Waals surface area contributed by atoms with Crippen LogP contribution in [0.1, 0.15) is 29.9 Å². The maximum Gasteiger partial charge on any atom is 0.307 e. The average Bonchev–Trinajstić information content (AvgIpc) is 3.24. The molecular weight excluding hydrogens is 294 g/mol. The lowest BCUT2D eigenvalue weighted by Crippen LogP contribution is -2.47. The third kappa shape index (κ3) is 2.98. The Morgan fingerprint density at radius 1 is 1.17 bits per heavy atom. The second-order valence-corrected chi connectivity index (χ2v) is 6.01. The van der Waals surface area contributed by atoms with Gasteiger partial charge in [0.1, 0.15) is 0 Å². The van der Waals surface area contributed by atoms with Gasteiger partial charge in [-0.2, -0.15) is 5.53 Å². The first kappa shape index (κ1) is 14.4. The molecule has 2 heterocycles. The van der Waals surface area contributed by atoms with Crippen LogP contribution >= 0.6 is 0 Å². The number of hydrogen-bond acceptors (Lipinski definition) is 6. The summed E-state index contributed by atoms with van der Waals surface area (Å²) in [6, 6.07) is 10.5. The van der Waals surface area contributed by atoms with Crippen LogP contribution in [0.3, 0.4) is 0 Å². The number of carbonyl (C=O) groups excluding carboxylic acids is 1. The van der Waals surface area contributed by atoms with Gasteiger partial charge in [-0.1, -0.05) is 30.3 Å². The zero-order valence-electron chi connectivity index (χ0n) is 12.6. The van der Waals surface area contributed by atoms with Crippen molar-refractivity contribution in [3.63, 3.8) is 0 Å². The Kier molecular flexibility index (Phi) is 3.82. The number of carbonyl (C=O) groups is 1. The fourth-order valence-electron chi connectivity index (χ4n) is 3.22. The molecule has 3 atom stereocenters. The highest BCUT2D eigenvalue weighted by Crippen LogP contribution is 2.22. The van der Waals surface area contributed by atoms with E-state index < -0.39 is 0 Å². The normalized spacial score (nSPS) is 26.7. The van der Waals surface area contributed by atoms with Gasteiger partial charge >= 0.3 is 5.91 Å². The number of nitrogens with one attached hydrogen (secondary N) is 4. The number of hydrazine groups is 2. The Labute approximate surface area is 133 Å². The molecular formula is C16H19N5O2. The molecule has 1 aliphatic heterocycles. The third-order valence-electron chi connectivity index (χ3n) is 4.46. The molecule has 0 radical (unpaired) electrons. The maximum absolute atomic E-state index is 12.3. The van der Waals surface area contributed by atoms with Gasteiger partial charge in [0.15, 0.2) is 5.76 Å². The molecule has 1 aliphatic carbocycles. The van der Waals surface area contributed by atoms with E-state index in [2.05, 4.69) is 26.7 Å². The topological polar surface area (TPSA) is 91.2 Å². The Bertz CT molecular complexity index is 687. The highest BCUT2D eigenvalue weighted by Gasteiger charge is 2.34. The smallest absolute Gasteiger partial charge is 0.307 e. The molecule has 2 aliphatic rings. The summed E-state index contributed by atoms with van der Waals surface area (Å²) >= 11 is 0. The summed E-state index contributed by atoms with van der Waals surface area (Å²) in [5.41, 5.74) is 10.2. The first-order chi connectivity index (χ1) is 11.3. The van der Waals surface area contributed by atoms with E-state index in [1.807, 2.05) is 30.3 Å². The van der Waals surface area contributed by atoms with Crippen LogP contribution in [0.4, 0.5) is 0 Å². The van der Waals surface area contributed by atoms with Gasteiger partial charge in [-0.15, -0.1) is 0 Å². The van der Waals surface area contributed by atoms with Gasteiger partial charge in [0.2, 0.25) is 0 Å². The molecule has 7 nitrogen and oxygen atoms in total. The molecule has 23 heavy (non-hydrogen) atoms. The molecule has 0 bridgehead atoms. The molecule has 1 saturated carbocycles. The third-order valence-corrected chi connectivity index (χ3v) is 4.46. The van der Waals surface area contributed by atoms with E-state index in [1.54, 1.807) is 6.20 Å². The van der Waals surface area contributed by atoms with Gasteiger partial charge < -0.3 is 9.73 Å². The molecule has 1 aromatic heterocycles. The number of amides is 1. The molecule has 4 rings (SSSR count). The number of oxazole rings is 1. The molecule has 1 aromatic carbocycles. The number of fused-ring (bicyclic) bond motifs is 1. The Morgan fingerprint density at radius 3 is 2.87 bits per heavy atom. The summed E-state index contributed by atoms with van der Waals surface area (Å²) in [5.74, 6) is 0.460. The van der Waals surface area contributed by atoms with Crippen molar-refractivity contribution in [1.82, 2.24) is 26.7 Å². The second kappa shape index (κ2) is 6.11. The fourth-order valence-corrected chi connectivity index (χ4v) is 3.22. The van der Waals surface area contributed by atoms with Crippen molar-refractivity contribution in [1.29, 1.82) is 0 Å². The number of rotatable bonds is 3. The van der Waals surface area contributed by atoms with E-state index in [1.165, 1.54) is 0 Å². The predicted octanol–water partition coefficient (Wildman–Crippen LogP) is 0.974. The first-order valence-electron chi connectivity index (χ1n) is 7.88. The number of aromatic nitrogens is 1. The summed E-state index contributed by atoms with van der Waals surface area (Å²) in [4.78, 5) is 16.4. The maximum atomic E-state index is 12.3. The summed E-state index contributed by atoms with van der Waals surface area (Å²) in [5, 5.41) is 3.02. The van der Waals surface area contributed by atoms with Crippen LogP contribution in [0.2, 0.25) is 0 Å². The molecule has 4 N–H and O–H groups in total. The Balaban J connectivity index is 1.41. The van der Waals surface area contributed by atoms with Gasteiger partial charge in [-0.05, 0) is 19.3 Å². The molecule has 1 saturated heterocycles. The monoisotopic (exact) mass is 313 g/mol. The summed E-state index contributed by atoms with van der Waals surface area (Å²) < 4.78 is 5.60. The summed E-state index contributed by atoms with van der Waals surface area (Å²) in [6.45, 7) is 0. The standard InChI is InChI=1S/C16H19N5O2/c22-15(18-11-6-7-12-13(8-11)20-21-19-12)16-17-9-14(23-16)10-4-2-1-3-5-10/h1-5,9,11-13,19-21H,6-8H2,(H,18,22). The lowest BCUT2D eigenvalue weighted by Gasteiger charge is -2.30. The number of benzene rings is 1. The zero-order valence-corrected chi connectivity index (χ0v) is 12.6.